The van der Waals surface area contributed by atoms with Crippen molar-refractivity contribution in [1.82, 2.24) is 25.0 Å². The first kappa shape index (κ1) is 11.0. The lowest BCUT2D eigenvalue weighted by Crippen LogP contribution is -2.26. The van der Waals surface area contributed by atoms with Gasteiger partial charge in [-0.05, 0) is 10.4 Å². The molecule has 0 aliphatic rings. The number of nitrogens with two attached hydrogens (primary N) is 1. The van der Waals surface area contributed by atoms with Gasteiger partial charge in [-0.3, -0.25) is 4.98 Å². The van der Waals surface area contributed by atoms with E-state index in [9.17, 15) is 0 Å². The Morgan fingerprint density at radius 2 is 2.41 bits per heavy atom. The highest BCUT2D eigenvalue weighted by Gasteiger charge is 2.09. The number of nitrogens with zero attached hydrogens (tertiary/aromatic N) is 7. The summed E-state index contributed by atoms with van der Waals surface area (Å²) in [4.78, 5) is 5.91. The highest BCUT2D eigenvalue weighted by molar-refractivity contribution is 5.80. The fourth-order valence-electron chi connectivity index (χ4n) is 1.37. The summed E-state index contributed by atoms with van der Waals surface area (Å²) in [6.07, 6.45) is 3.65. The second kappa shape index (κ2) is 4.60. The topological polar surface area (TPSA) is 118 Å². The Labute approximate surface area is 96.5 Å². The lowest BCUT2D eigenvalue weighted by molar-refractivity contribution is 0.317. The van der Waals surface area contributed by atoms with Crippen molar-refractivity contribution in [1.29, 1.82) is 0 Å². The van der Waals surface area contributed by atoms with E-state index in [-0.39, 0.29) is 5.84 Å². The molecule has 0 radical (unpaired) electrons. The van der Waals surface area contributed by atoms with Crippen molar-refractivity contribution in [3.63, 3.8) is 0 Å². The molecular formula is C8H12N8O. The largest absolute Gasteiger partial charge is 0.409 e. The normalized spacial score (nSPS) is 11.9. The van der Waals surface area contributed by atoms with Gasteiger partial charge in [-0.2, -0.15) is 4.52 Å². The van der Waals surface area contributed by atoms with Crippen molar-refractivity contribution in [3.8, 4) is 0 Å². The maximum absolute atomic E-state index is 8.45. The molecule has 0 saturated carbocycles. The molecule has 90 valence electrons. The standard InChI is InChI=1S/C8H12N8O/c1-15(3-2-6(9)12-17)8-5-10-4-7-11-13-14-16(7)8/h4-5,17H,2-3H2,1H3,(H2,9,12). The SMILES string of the molecule is CN(CCC(N)=NO)c1cncc2nnnn12. The summed E-state index contributed by atoms with van der Waals surface area (Å²) in [5, 5.41) is 22.6. The first-order valence-corrected chi connectivity index (χ1v) is 4.92. The van der Waals surface area contributed by atoms with Gasteiger partial charge in [0.05, 0.1) is 12.4 Å². The lowest BCUT2D eigenvalue weighted by atomic mass is 10.3. The maximum atomic E-state index is 8.45. The van der Waals surface area contributed by atoms with Gasteiger partial charge in [-0.15, -0.1) is 5.10 Å². The van der Waals surface area contributed by atoms with E-state index in [4.69, 9.17) is 10.9 Å². The van der Waals surface area contributed by atoms with E-state index in [1.165, 1.54) is 0 Å². The van der Waals surface area contributed by atoms with E-state index in [0.29, 0.717) is 18.6 Å². The molecule has 9 nitrogen and oxygen atoms in total. The van der Waals surface area contributed by atoms with Crippen LogP contribution < -0.4 is 10.6 Å². The quantitative estimate of drug-likeness (QED) is 0.305. The van der Waals surface area contributed by atoms with Crippen LogP contribution in [-0.2, 0) is 0 Å². The number of anilines is 1. The predicted molar refractivity (Wildman–Crippen MR) is 59.9 cm³/mol. The van der Waals surface area contributed by atoms with Crippen molar-refractivity contribution in [2.75, 3.05) is 18.5 Å². The average Bonchev–Trinajstić information content (AvgIpc) is 2.83. The smallest absolute Gasteiger partial charge is 0.199 e. The number of amidine groups is 1. The van der Waals surface area contributed by atoms with Crippen molar-refractivity contribution in [2.24, 2.45) is 10.9 Å². The minimum Gasteiger partial charge on any atom is -0.409 e. The Morgan fingerprint density at radius 3 is 3.18 bits per heavy atom. The number of rotatable bonds is 4. The lowest BCUT2D eigenvalue weighted by Gasteiger charge is -2.18. The third-order valence-electron chi connectivity index (χ3n) is 2.31. The number of tetrazole rings is 1. The Kier molecular flexibility index (Phi) is 2.99. The van der Waals surface area contributed by atoms with Gasteiger partial charge in [-0.25, -0.2) is 0 Å². The van der Waals surface area contributed by atoms with E-state index in [2.05, 4.69) is 25.7 Å². The van der Waals surface area contributed by atoms with Crippen LogP contribution in [0.3, 0.4) is 0 Å². The molecule has 0 fully saturated rings. The van der Waals surface area contributed by atoms with Crippen LogP contribution in [-0.4, -0.2) is 49.7 Å². The highest BCUT2D eigenvalue weighted by Crippen LogP contribution is 2.10. The third-order valence-corrected chi connectivity index (χ3v) is 2.31. The van der Waals surface area contributed by atoms with Gasteiger partial charge < -0.3 is 15.8 Å². The second-order valence-corrected chi connectivity index (χ2v) is 3.48. The van der Waals surface area contributed by atoms with Gasteiger partial charge in [-0.1, -0.05) is 5.16 Å². The zero-order valence-electron chi connectivity index (χ0n) is 9.22. The molecule has 3 N–H and O–H groups in total. The van der Waals surface area contributed by atoms with Gasteiger partial charge in [0.1, 0.15) is 5.84 Å². The van der Waals surface area contributed by atoms with Gasteiger partial charge in [0, 0.05) is 20.0 Å². The molecular weight excluding hydrogens is 224 g/mol. The molecule has 9 heteroatoms. The number of fused-ring (bicyclic) bond motifs is 1. The molecule has 2 heterocycles. The first-order valence-electron chi connectivity index (χ1n) is 4.92. The Hall–Kier alpha value is -2.45. The van der Waals surface area contributed by atoms with Crippen molar-refractivity contribution >= 4 is 17.3 Å². The summed E-state index contributed by atoms with van der Waals surface area (Å²) < 4.78 is 1.57. The maximum Gasteiger partial charge on any atom is 0.199 e. The zero-order chi connectivity index (χ0) is 12.3. The molecule has 2 aromatic heterocycles. The summed E-state index contributed by atoms with van der Waals surface area (Å²) in [5.41, 5.74) is 5.97. The summed E-state index contributed by atoms with van der Waals surface area (Å²) >= 11 is 0. The predicted octanol–water partition coefficient (Wildman–Crippen LogP) is -0.908. The van der Waals surface area contributed by atoms with Crippen molar-refractivity contribution in [2.45, 2.75) is 6.42 Å². The average molecular weight is 236 g/mol. The molecule has 2 rings (SSSR count). The van der Waals surface area contributed by atoms with Crippen LogP contribution in [0.4, 0.5) is 5.82 Å². The summed E-state index contributed by atoms with van der Waals surface area (Å²) in [7, 11) is 1.85. The molecule has 2 aromatic rings. The van der Waals surface area contributed by atoms with Crippen LogP contribution >= 0.6 is 0 Å². The molecule has 0 aliphatic carbocycles. The van der Waals surface area contributed by atoms with E-state index >= 15 is 0 Å². The van der Waals surface area contributed by atoms with Crippen LogP contribution in [0.1, 0.15) is 6.42 Å². The third kappa shape index (κ3) is 2.22. The molecule has 0 unspecified atom stereocenters. The number of hydrogen-bond acceptors (Lipinski definition) is 7. The minimum absolute atomic E-state index is 0.175. The first-order chi connectivity index (χ1) is 8.22. The minimum atomic E-state index is 0.175. The highest BCUT2D eigenvalue weighted by atomic mass is 16.4. The molecule has 0 atom stereocenters. The Bertz CT molecular complexity index is 535. The van der Waals surface area contributed by atoms with E-state index < -0.39 is 0 Å². The second-order valence-electron chi connectivity index (χ2n) is 3.48. The van der Waals surface area contributed by atoms with E-state index in [1.54, 1.807) is 16.9 Å². The summed E-state index contributed by atoms with van der Waals surface area (Å²) in [5.74, 6) is 0.909. The Balaban J connectivity index is 2.18. The number of hydrogen-bond donors (Lipinski definition) is 2. The van der Waals surface area contributed by atoms with E-state index in [1.807, 2.05) is 11.9 Å². The summed E-state index contributed by atoms with van der Waals surface area (Å²) in [6, 6.07) is 0. The van der Waals surface area contributed by atoms with Gasteiger partial charge >= 0.3 is 0 Å². The van der Waals surface area contributed by atoms with Crippen LogP contribution in [0.15, 0.2) is 17.5 Å². The molecule has 17 heavy (non-hydrogen) atoms. The van der Waals surface area contributed by atoms with Crippen LogP contribution in [0, 0.1) is 0 Å². The number of oxime groups is 1. The molecule has 0 aliphatic heterocycles. The molecule has 0 amide bonds. The molecule has 0 bridgehead atoms. The van der Waals surface area contributed by atoms with Crippen molar-refractivity contribution in [3.05, 3.63) is 12.4 Å². The van der Waals surface area contributed by atoms with Crippen LogP contribution in [0.25, 0.3) is 5.65 Å². The van der Waals surface area contributed by atoms with Gasteiger partial charge in [0.15, 0.2) is 11.5 Å². The van der Waals surface area contributed by atoms with Gasteiger partial charge in [0.25, 0.3) is 0 Å². The van der Waals surface area contributed by atoms with Crippen LogP contribution in [0.5, 0.6) is 0 Å². The summed E-state index contributed by atoms with van der Waals surface area (Å²) in [6.45, 7) is 0.566. The number of aromatic nitrogens is 5. The molecule has 0 aromatic carbocycles. The fourth-order valence-corrected chi connectivity index (χ4v) is 1.37. The zero-order valence-corrected chi connectivity index (χ0v) is 9.22. The Morgan fingerprint density at radius 1 is 1.59 bits per heavy atom. The van der Waals surface area contributed by atoms with Crippen molar-refractivity contribution < 1.29 is 5.21 Å². The van der Waals surface area contributed by atoms with Crippen LogP contribution in [0.2, 0.25) is 0 Å². The monoisotopic (exact) mass is 236 g/mol. The molecule has 0 saturated heterocycles. The van der Waals surface area contributed by atoms with Gasteiger partial charge in [0.2, 0.25) is 0 Å². The fraction of sp³-hybridized carbons (Fsp3) is 0.375. The molecule has 0 spiro atoms. The van der Waals surface area contributed by atoms with E-state index in [0.717, 1.165) is 5.82 Å².